The molecule has 1 aliphatic carbocycles. The van der Waals surface area contributed by atoms with Crippen LogP contribution in [0.4, 0.5) is 0 Å². The van der Waals surface area contributed by atoms with E-state index in [-0.39, 0.29) is 38.8 Å². The molecule has 6 aromatic carbocycles. The van der Waals surface area contributed by atoms with Crippen molar-refractivity contribution in [1.29, 1.82) is 0 Å². The fourth-order valence-electron chi connectivity index (χ4n) is 9.61. The van der Waals surface area contributed by atoms with E-state index in [0.29, 0.717) is 22.8 Å². The molecule has 6 nitrogen and oxygen atoms in total. The van der Waals surface area contributed by atoms with Crippen molar-refractivity contribution in [2.75, 3.05) is 0 Å². The Morgan fingerprint density at radius 3 is 2.02 bits per heavy atom. The van der Waals surface area contributed by atoms with Crippen LogP contribution in [0.5, 0.6) is 11.5 Å². The summed E-state index contributed by atoms with van der Waals surface area (Å²) in [6.45, 7) is 15.4. The van der Waals surface area contributed by atoms with E-state index < -0.39 is 65.8 Å². The Labute approximate surface area is 395 Å². The summed E-state index contributed by atoms with van der Waals surface area (Å²) in [7, 11) is 0. The van der Waals surface area contributed by atoms with E-state index in [9.17, 15) is 5.48 Å². The van der Waals surface area contributed by atoms with Crippen LogP contribution < -0.4 is 9.30 Å². The van der Waals surface area contributed by atoms with E-state index in [2.05, 4.69) is 95.8 Å². The highest BCUT2D eigenvalue weighted by molar-refractivity contribution is 6.09. The molecule has 0 saturated heterocycles. The lowest BCUT2D eigenvalue weighted by Crippen LogP contribution is -2.35. The van der Waals surface area contributed by atoms with E-state index in [1.807, 2.05) is 47.2 Å². The largest absolute Gasteiger partial charge is 0.458 e. The molecule has 0 aliphatic heterocycles. The average molecular weight is 858 g/mol. The molecule has 10 aromatic rings. The minimum absolute atomic E-state index is 0.100. The molecule has 0 saturated carbocycles. The highest BCUT2D eigenvalue weighted by atomic mass is 16.5. The van der Waals surface area contributed by atoms with E-state index in [1.54, 1.807) is 35.0 Å². The molecule has 0 N–H and O–H groups in total. The molecule has 0 amide bonds. The summed E-state index contributed by atoms with van der Waals surface area (Å²) >= 11 is 0. The van der Waals surface area contributed by atoms with E-state index in [4.69, 9.17) is 22.9 Å². The predicted molar refractivity (Wildman–Crippen MR) is 265 cm³/mol. The highest BCUT2D eigenvalue weighted by Crippen LogP contribution is 2.49. The third-order valence-corrected chi connectivity index (χ3v) is 13.1. The van der Waals surface area contributed by atoms with Crippen molar-refractivity contribution >= 4 is 32.8 Å². The van der Waals surface area contributed by atoms with Gasteiger partial charge < -0.3 is 4.74 Å². The number of fused-ring (bicyclic) bond motifs is 6. The molecule has 1 aliphatic rings. The molecule has 4 heterocycles. The first-order valence-corrected chi connectivity index (χ1v) is 22.0. The van der Waals surface area contributed by atoms with Gasteiger partial charge >= 0.3 is 0 Å². The zero-order valence-electron chi connectivity index (χ0n) is 47.5. The number of aromatic nitrogens is 5. The summed E-state index contributed by atoms with van der Waals surface area (Å²) in [5.41, 5.74) is 6.05. The molecule has 320 valence electrons. The van der Waals surface area contributed by atoms with Crippen molar-refractivity contribution < 1.29 is 23.0 Å². The van der Waals surface area contributed by atoms with Crippen molar-refractivity contribution in [3.05, 3.63) is 193 Å². The van der Waals surface area contributed by atoms with Crippen molar-refractivity contribution in [2.24, 2.45) is 0 Å². The molecule has 4 aromatic heterocycles. The Hall–Kier alpha value is -7.31. The van der Waals surface area contributed by atoms with Crippen LogP contribution in [-0.4, -0.2) is 19.1 Å². The Bertz CT molecular complexity index is 3910. The lowest BCUT2D eigenvalue weighted by atomic mass is 9.63. The molecular formula is C59H53N5O. The molecule has 0 unspecified atom stereocenters. The quantitative estimate of drug-likeness (QED) is 0.118. The number of hydrogen-bond acceptors (Lipinski definition) is 3. The molecule has 0 bridgehead atoms. The Morgan fingerprint density at radius 1 is 0.646 bits per heavy atom. The average Bonchev–Trinajstić information content (AvgIpc) is 4.02. The lowest BCUT2D eigenvalue weighted by molar-refractivity contribution is -0.571. The van der Waals surface area contributed by atoms with Gasteiger partial charge in [0.15, 0.2) is 5.82 Å². The molecule has 0 fully saturated rings. The van der Waals surface area contributed by atoms with Crippen LogP contribution in [-0.2, 0) is 16.2 Å². The standard InChI is InChI=1S/C59H53N5O/c1-57(2,3)41-29-33-61-53(35-41)64-49-24-15-14-21-46(49)47-26-25-42(36-51(47)64)65-43-30-34-60-52(37-43)63-38-62(50-28-27-48-54(56(50)63)59(6,7)32-31-58(48,4)5)55-44(39-17-10-8-11-18-39)22-16-23-45(55)40-19-12-9-13-20-40/h8-30,33-37H,31-32H2,1-7H3/i8D,9D,10D,11D,12D,13D,17D,18D,19D,20D. The maximum absolute atomic E-state index is 9.20. The van der Waals surface area contributed by atoms with Crippen LogP contribution in [0, 0.1) is 6.33 Å². The van der Waals surface area contributed by atoms with E-state index in [0.717, 1.165) is 62.7 Å². The third kappa shape index (κ3) is 6.91. The maximum Gasteiger partial charge on any atom is 0.271 e. The summed E-state index contributed by atoms with van der Waals surface area (Å²) in [6.07, 6.45) is 8.86. The second kappa shape index (κ2) is 15.2. The van der Waals surface area contributed by atoms with Crippen LogP contribution >= 0.6 is 0 Å². The Kier molecular flexibility index (Phi) is 7.16. The van der Waals surface area contributed by atoms with Gasteiger partial charge in [-0.1, -0.05) is 157 Å². The van der Waals surface area contributed by atoms with E-state index in [1.165, 1.54) is 0 Å². The number of benzene rings is 6. The zero-order valence-corrected chi connectivity index (χ0v) is 37.5. The van der Waals surface area contributed by atoms with Crippen LogP contribution in [0.25, 0.3) is 72.4 Å². The lowest BCUT2D eigenvalue weighted by Gasteiger charge is -2.42. The molecular weight excluding hydrogens is 795 g/mol. The van der Waals surface area contributed by atoms with Crippen LogP contribution in [0.1, 0.15) is 91.7 Å². The van der Waals surface area contributed by atoms with Crippen LogP contribution in [0.2, 0.25) is 0 Å². The monoisotopic (exact) mass is 857 g/mol. The molecule has 0 spiro atoms. The fourth-order valence-corrected chi connectivity index (χ4v) is 9.61. The van der Waals surface area contributed by atoms with Gasteiger partial charge in [-0.15, -0.1) is 0 Å². The van der Waals surface area contributed by atoms with Gasteiger partial charge in [-0.3, -0.25) is 18.7 Å². The summed E-state index contributed by atoms with van der Waals surface area (Å²) < 4.78 is 101. The first-order chi connectivity index (χ1) is 35.5. The third-order valence-electron chi connectivity index (χ3n) is 13.1. The summed E-state index contributed by atoms with van der Waals surface area (Å²) in [6, 6.07) is 25.8. The minimum atomic E-state index is -0.567. The first kappa shape index (κ1) is 30.7. The predicted octanol–water partition coefficient (Wildman–Crippen LogP) is 14.4. The highest BCUT2D eigenvalue weighted by Gasteiger charge is 2.40. The van der Waals surface area contributed by atoms with Crippen molar-refractivity contribution in [2.45, 2.75) is 77.6 Å². The number of hydrogen-bond donors (Lipinski definition) is 0. The van der Waals surface area contributed by atoms with Gasteiger partial charge in [0.25, 0.3) is 6.33 Å². The van der Waals surface area contributed by atoms with Crippen molar-refractivity contribution in [3.8, 4) is 51.1 Å². The Balaban J connectivity index is 1.17. The summed E-state index contributed by atoms with van der Waals surface area (Å²) in [5, 5.41) is 2.12. The first-order valence-electron chi connectivity index (χ1n) is 27.0. The molecule has 11 rings (SSSR count). The number of para-hydroxylation sites is 2. The SMILES string of the molecule is [2H]c1c([2H])c([2H])c(-c2cccc(-c3c([2H])c([2H])c([2H])c([2H])c3[2H])c2-[n+]2[c-]n(-c3cc(Oc4ccc5c6ccccc6n(-c6cc(C(C)(C)C)ccn6)c5c4)ccn3)c3c4c(ccc32)C(C)(C)CCC4(C)C)c([2H])c1[2H]. The second-order valence-electron chi connectivity index (χ2n) is 19.2. The number of ether oxygens (including phenoxy) is 1. The van der Waals surface area contributed by atoms with Gasteiger partial charge in [0, 0.05) is 35.3 Å². The van der Waals surface area contributed by atoms with Crippen LogP contribution in [0.15, 0.2) is 170 Å². The smallest absolute Gasteiger partial charge is 0.271 e. The molecule has 6 heteroatoms. The number of imidazole rings is 1. The van der Waals surface area contributed by atoms with Crippen molar-refractivity contribution in [3.63, 3.8) is 0 Å². The van der Waals surface area contributed by atoms with Gasteiger partial charge in [0.05, 0.1) is 41.5 Å². The Morgan fingerprint density at radius 2 is 1.29 bits per heavy atom. The second-order valence-corrected chi connectivity index (χ2v) is 19.2. The fraction of sp³-hybridized carbons (Fsp3) is 0.203. The molecule has 0 atom stereocenters. The topological polar surface area (TPSA) is 48.8 Å². The number of nitrogens with zero attached hydrogens (tertiary/aromatic N) is 5. The maximum atomic E-state index is 9.20. The summed E-state index contributed by atoms with van der Waals surface area (Å²) in [4.78, 5) is 9.81. The van der Waals surface area contributed by atoms with Gasteiger partial charge in [0.2, 0.25) is 0 Å². The molecule has 65 heavy (non-hydrogen) atoms. The van der Waals surface area contributed by atoms with E-state index >= 15 is 0 Å². The normalized spacial score (nSPS) is 16.7. The molecule has 0 radical (unpaired) electrons. The minimum Gasteiger partial charge on any atom is -0.458 e. The summed E-state index contributed by atoms with van der Waals surface area (Å²) in [5.74, 6) is 2.26. The van der Waals surface area contributed by atoms with Gasteiger partial charge in [-0.2, -0.15) is 0 Å². The van der Waals surface area contributed by atoms with Gasteiger partial charge in [-0.25, -0.2) is 4.98 Å². The van der Waals surface area contributed by atoms with Crippen LogP contribution in [0.3, 0.4) is 0 Å². The van der Waals surface area contributed by atoms with Crippen molar-refractivity contribution in [1.82, 2.24) is 19.1 Å². The van der Waals surface area contributed by atoms with Gasteiger partial charge in [-0.05, 0) is 104 Å². The zero-order chi connectivity index (χ0) is 53.4. The number of pyridine rings is 2. The van der Waals surface area contributed by atoms with Gasteiger partial charge in [0.1, 0.15) is 17.3 Å². The number of rotatable bonds is 7.